The fourth-order valence-electron chi connectivity index (χ4n) is 2.49. The first-order valence-corrected chi connectivity index (χ1v) is 6.14. The van der Waals surface area contributed by atoms with E-state index in [1.54, 1.807) is 0 Å². The van der Waals surface area contributed by atoms with Crippen molar-refractivity contribution in [2.75, 3.05) is 0 Å². The lowest BCUT2D eigenvalue weighted by Gasteiger charge is -1.99. The number of fused-ring (bicyclic) bond motifs is 1. The summed E-state index contributed by atoms with van der Waals surface area (Å²) in [5, 5.41) is 10.5. The molecule has 0 unspecified atom stereocenters. The van der Waals surface area contributed by atoms with Crippen LogP contribution in [0.2, 0.25) is 0 Å². The molecule has 0 aliphatic carbocycles. The molecule has 0 saturated carbocycles. The lowest BCUT2D eigenvalue weighted by Crippen LogP contribution is -1.94. The number of hydrogen-bond donors (Lipinski definition) is 1. The van der Waals surface area contributed by atoms with Gasteiger partial charge in [0.15, 0.2) is 0 Å². The van der Waals surface area contributed by atoms with E-state index in [2.05, 4.69) is 22.1 Å². The molecular formula is C15H14N4. The van der Waals surface area contributed by atoms with Crippen LogP contribution in [0.4, 0.5) is 0 Å². The number of benzene rings is 1. The first-order valence-electron chi connectivity index (χ1n) is 6.14. The van der Waals surface area contributed by atoms with Gasteiger partial charge in [-0.25, -0.2) is 4.98 Å². The Morgan fingerprint density at radius 2 is 2.00 bits per heavy atom. The predicted octanol–water partition coefficient (Wildman–Crippen LogP) is 3.06. The molecule has 2 aromatic heterocycles. The molecular weight excluding hydrogens is 236 g/mol. The van der Waals surface area contributed by atoms with Gasteiger partial charge in [-0.3, -0.25) is 0 Å². The van der Waals surface area contributed by atoms with Gasteiger partial charge in [-0.15, -0.1) is 0 Å². The molecule has 94 valence electrons. The molecule has 0 bridgehead atoms. The second-order valence-electron chi connectivity index (χ2n) is 4.70. The largest absolute Gasteiger partial charge is 0.358 e. The molecule has 0 atom stereocenters. The second-order valence-corrected chi connectivity index (χ2v) is 4.70. The van der Waals surface area contributed by atoms with Crippen LogP contribution in [0.3, 0.4) is 0 Å². The molecule has 0 radical (unpaired) electrons. The molecule has 0 amide bonds. The van der Waals surface area contributed by atoms with Gasteiger partial charge in [-0.2, -0.15) is 5.26 Å². The van der Waals surface area contributed by atoms with Crippen LogP contribution in [-0.4, -0.2) is 14.5 Å². The minimum absolute atomic E-state index is 0.602. The molecule has 4 heteroatoms. The van der Waals surface area contributed by atoms with Gasteiger partial charge < -0.3 is 9.55 Å². The van der Waals surface area contributed by atoms with Gasteiger partial charge in [0, 0.05) is 29.2 Å². The fraction of sp³-hybridized carbons (Fsp3) is 0.200. The monoisotopic (exact) mass is 250 g/mol. The first kappa shape index (κ1) is 11.5. The van der Waals surface area contributed by atoms with Gasteiger partial charge in [-0.1, -0.05) is 18.2 Å². The summed E-state index contributed by atoms with van der Waals surface area (Å²) in [6.45, 7) is 3.93. The Bertz CT molecular complexity index is 815. The topological polar surface area (TPSA) is 57.4 Å². The number of aryl methyl sites for hydroxylation is 2. The Hall–Kier alpha value is -2.54. The van der Waals surface area contributed by atoms with E-state index in [1.165, 1.54) is 0 Å². The Morgan fingerprint density at radius 3 is 2.74 bits per heavy atom. The van der Waals surface area contributed by atoms with E-state index in [0.29, 0.717) is 5.69 Å². The molecule has 4 nitrogen and oxygen atoms in total. The minimum Gasteiger partial charge on any atom is -0.358 e. The van der Waals surface area contributed by atoms with Crippen LogP contribution >= 0.6 is 0 Å². The Labute approximate surface area is 111 Å². The molecule has 0 spiro atoms. The molecule has 3 aromatic rings. The minimum atomic E-state index is 0.602. The highest BCUT2D eigenvalue weighted by atomic mass is 15.1. The van der Waals surface area contributed by atoms with E-state index in [0.717, 1.165) is 33.7 Å². The van der Waals surface area contributed by atoms with Crippen molar-refractivity contribution in [3.05, 3.63) is 41.5 Å². The fourth-order valence-corrected chi connectivity index (χ4v) is 2.49. The number of nitriles is 1. The number of aromatic amines is 1. The van der Waals surface area contributed by atoms with Crippen molar-refractivity contribution >= 4 is 10.9 Å². The smallest absolute Gasteiger partial charge is 0.148 e. The van der Waals surface area contributed by atoms with Crippen molar-refractivity contribution in [2.45, 2.75) is 13.8 Å². The second kappa shape index (κ2) is 3.99. The number of aromatic nitrogens is 3. The highest BCUT2D eigenvalue weighted by Crippen LogP contribution is 2.33. The van der Waals surface area contributed by atoms with Crippen molar-refractivity contribution in [1.29, 1.82) is 5.26 Å². The number of para-hydroxylation sites is 1. The first-order chi connectivity index (χ1) is 9.13. The van der Waals surface area contributed by atoms with Gasteiger partial charge in [0.05, 0.1) is 0 Å². The van der Waals surface area contributed by atoms with Gasteiger partial charge in [-0.05, 0) is 19.9 Å². The molecule has 3 rings (SSSR count). The lowest BCUT2D eigenvalue weighted by atomic mass is 10.1. The zero-order valence-electron chi connectivity index (χ0n) is 11.2. The summed E-state index contributed by atoms with van der Waals surface area (Å²) in [5.41, 5.74) is 4.50. The Balaban J connectivity index is 2.40. The summed E-state index contributed by atoms with van der Waals surface area (Å²) in [5.74, 6) is 0.844. The summed E-state index contributed by atoms with van der Waals surface area (Å²) in [4.78, 5) is 7.90. The van der Waals surface area contributed by atoms with E-state index in [-0.39, 0.29) is 0 Å². The average Bonchev–Trinajstić information content (AvgIpc) is 2.86. The van der Waals surface area contributed by atoms with Crippen molar-refractivity contribution in [3.8, 4) is 17.3 Å². The maximum atomic E-state index is 9.35. The van der Waals surface area contributed by atoms with Gasteiger partial charge in [0.2, 0.25) is 0 Å². The number of rotatable bonds is 1. The third kappa shape index (κ3) is 1.55. The van der Waals surface area contributed by atoms with Crippen LogP contribution in [0.15, 0.2) is 24.3 Å². The van der Waals surface area contributed by atoms with Crippen LogP contribution in [0, 0.1) is 25.2 Å². The standard InChI is InChI=1S/C15H14N4/c1-9-14(11-6-4-5-7-12(11)17-9)15-13(8-16)19(3)10(2)18-15/h4-7,17H,1-3H3. The zero-order chi connectivity index (χ0) is 13.6. The van der Waals surface area contributed by atoms with Crippen molar-refractivity contribution in [1.82, 2.24) is 14.5 Å². The maximum Gasteiger partial charge on any atom is 0.148 e. The Morgan fingerprint density at radius 1 is 1.26 bits per heavy atom. The van der Waals surface area contributed by atoms with Crippen LogP contribution in [0.1, 0.15) is 17.2 Å². The lowest BCUT2D eigenvalue weighted by molar-refractivity contribution is 0.845. The van der Waals surface area contributed by atoms with E-state index in [1.807, 2.05) is 43.7 Å². The molecule has 19 heavy (non-hydrogen) atoms. The Kier molecular flexibility index (Phi) is 2.42. The van der Waals surface area contributed by atoms with Gasteiger partial charge in [0.25, 0.3) is 0 Å². The summed E-state index contributed by atoms with van der Waals surface area (Å²) in [6, 6.07) is 10.3. The van der Waals surface area contributed by atoms with Crippen LogP contribution in [-0.2, 0) is 7.05 Å². The third-order valence-electron chi connectivity index (χ3n) is 3.56. The molecule has 0 fully saturated rings. The molecule has 2 heterocycles. The van der Waals surface area contributed by atoms with E-state index in [9.17, 15) is 5.26 Å². The molecule has 0 saturated heterocycles. The summed E-state index contributed by atoms with van der Waals surface area (Å²) in [6.07, 6.45) is 0. The molecule has 0 aliphatic rings. The van der Waals surface area contributed by atoms with E-state index >= 15 is 0 Å². The molecule has 0 aliphatic heterocycles. The number of hydrogen-bond acceptors (Lipinski definition) is 2. The third-order valence-corrected chi connectivity index (χ3v) is 3.56. The summed E-state index contributed by atoms with van der Waals surface area (Å²) >= 11 is 0. The predicted molar refractivity (Wildman–Crippen MR) is 74.7 cm³/mol. The molecule has 1 aromatic carbocycles. The summed E-state index contributed by atoms with van der Waals surface area (Å²) in [7, 11) is 1.87. The quantitative estimate of drug-likeness (QED) is 0.721. The SMILES string of the molecule is Cc1[nH]c2ccccc2c1-c1nc(C)n(C)c1C#N. The molecule has 1 N–H and O–H groups in total. The van der Waals surface area contributed by atoms with Crippen LogP contribution < -0.4 is 0 Å². The highest BCUT2D eigenvalue weighted by molar-refractivity contribution is 5.97. The van der Waals surface area contributed by atoms with Crippen molar-refractivity contribution in [2.24, 2.45) is 7.05 Å². The van der Waals surface area contributed by atoms with Crippen LogP contribution in [0.5, 0.6) is 0 Å². The van der Waals surface area contributed by atoms with Crippen molar-refractivity contribution < 1.29 is 0 Å². The number of nitrogens with one attached hydrogen (secondary N) is 1. The van der Waals surface area contributed by atoms with E-state index in [4.69, 9.17) is 0 Å². The van der Waals surface area contributed by atoms with Gasteiger partial charge in [0.1, 0.15) is 23.3 Å². The number of H-pyrrole nitrogens is 1. The zero-order valence-corrected chi connectivity index (χ0v) is 11.2. The average molecular weight is 250 g/mol. The van der Waals surface area contributed by atoms with E-state index < -0.39 is 0 Å². The highest BCUT2D eigenvalue weighted by Gasteiger charge is 2.19. The van der Waals surface area contributed by atoms with Crippen LogP contribution in [0.25, 0.3) is 22.2 Å². The van der Waals surface area contributed by atoms with Crippen molar-refractivity contribution in [3.63, 3.8) is 0 Å². The van der Waals surface area contributed by atoms with Gasteiger partial charge >= 0.3 is 0 Å². The number of imidazole rings is 1. The normalized spacial score (nSPS) is 10.8. The number of nitrogens with zero attached hydrogens (tertiary/aromatic N) is 3. The summed E-state index contributed by atoms with van der Waals surface area (Å²) < 4.78 is 1.83. The maximum absolute atomic E-state index is 9.35.